The monoisotopic (exact) mass is 535 g/mol. The summed E-state index contributed by atoms with van der Waals surface area (Å²) in [6, 6.07) is 3.72. The first-order valence-corrected chi connectivity index (χ1v) is 13.6. The summed E-state index contributed by atoms with van der Waals surface area (Å²) in [6.45, 7) is 1.76. The number of carbonyl (C=O) groups excluding carboxylic acids is 2. The lowest BCUT2D eigenvalue weighted by Crippen LogP contribution is -2.41. The normalized spacial score (nSPS) is 20.1. The highest BCUT2D eigenvalue weighted by Gasteiger charge is 2.30. The first kappa shape index (κ1) is 25.4. The van der Waals surface area contributed by atoms with Gasteiger partial charge in [-0.3, -0.25) is 9.59 Å². The Morgan fingerprint density at radius 2 is 1.95 bits per heavy atom. The SMILES string of the molecule is COCCNC(=O)C1CCC(NC(=O)c2c[nH]c3c(-c4c(OCC5CC5)ccc5c4OCO5)ncnc23)CC1. The molecule has 3 heterocycles. The number of nitrogens with zero attached hydrogens (tertiary/aromatic N) is 2. The zero-order valence-electron chi connectivity index (χ0n) is 22.0. The number of amides is 2. The van der Waals surface area contributed by atoms with Gasteiger partial charge < -0.3 is 34.6 Å². The molecule has 2 aromatic heterocycles. The van der Waals surface area contributed by atoms with E-state index >= 15 is 0 Å². The molecule has 2 amide bonds. The predicted octanol–water partition coefficient (Wildman–Crippen LogP) is 3.19. The van der Waals surface area contributed by atoms with Crippen LogP contribution in [0, 0.1) is 11.8 Å². The molecule has 6 rings (SSSR count). The first-order chi connectivity index (χ1) is 19.1. The van der Waals surface area contributed by atoms with Crippen LogP contribution in [0.2, 0.25) is 0 Å². The lowest BCUT2D eigenvalue weighted by molar-refractivity contribution is -0.126. The van der Waals surface area contributed by atoms with Gasteiger partial charge in [0.15, 0.2) is 11.5 Å². The number of H-pyrrole nitrogens is 1. The van der Waals surface area contributed by atoms with Crippen molar-refractivity contribution >= 4 is 22.8 Å². The quantitative estimate of drug-likeness (QED) is 0.337. The summed E-state index contributed by atoms with van der Waals surface area (Å²) in [5, 5.41) is 6.05. The van der Waals surface area contributed by atoms with Gasteiger partial charge >= 0.3 is 0 Å². The number of benzene rings is 1. The van der Waals surface area contributed by atoms with Gasteiger partial charge in [-0.15, -0.1) is 0 Å². The fourth-order valence-electron chi connectivity index (χ4n) is 5.28. The highest BCUT2D eigenvalue weighted by Crippen LogP contribution is 2.48. The molecule has 2 aliphatic carbocycles. The molecular weight excluding hydrogens is 502 g/mol. The number of hydrogen-bond donors (Lipinski definition) is 3. The van der Waals surface area contributed by atoms with Crippen molar-refractivity contribution in [1.82, 2.24) is 25.6 Å². The van der Waals surface area contributed by atoms with Gasteiger partial charge in [-0.2, -0.15) is 0 Å². The van der Waals surface area contributed by atoms with Crippen molar-refractivity contribution in [2.75, 3.05) is 33.7 Å². The number of aromatic nitrogens is 3. The number of rotatable bonds is 10. The summed E-state index contributed by atoms with van der Waals surface area (Å²) < 4.78 is 22.6. The van der Waals surface area contributed by atoms with Crippen LogP contribution in [0.1, 0.15) is 48.9 Å². The van der Waals surface area contributed by atoms with E-state index in [-0.39, 0.29) is 30.6 Å². The van der Waals surface area contributed by atoms with Crippen LogP contribution in [0.4, 0.5) is 0 Å². The molecule has 206 valence electrons. The number of fused-ring (bicyclic) bond motifs is 2. The van der Waals surface area contributed by atoms with Crippen LogP contribution in [0.5, 0.6) is 17.2 Å². The molecule has 1 aliphatic heterocycles. The maximum absolute atomic E-state index is 13.3. The lowest BCUT2D eigenvalue weighted by Gasteiger charge is -2.28. The molecule has 3 aliphatic rings. The molecule has 0 bridgehead atoms. The number of aromatic amines is 1. The average molecular weight is 536 g/mol. The second-order valence-electron chi connectivity index (χ2n) is 10.4. The Balaban J connectivity index is 1.19. The van der Waals surface area contributed by atoms with E-state index in [2.05, 4.69) is 25.6 Å². The Labute approximate surface area is 226 Å². The van der Waals surface area contributed by atoms with Gasteiger partial charge in [0.05, 0.1) is 29.9 Å². The zero-order chi connectivity index (χ0) is 26.8. The Bertz CT molecular complexity index is 1360. The van der Waals surface area contributed by atoms with Crippen molar-refractivity contribution < 1.29 is 28.5 Å². The van der Waals surface area contributed by atoms with E-state index in [0.717, 1.165) is 25.7 Å². The van der Waals surface area contributed by atoms with Gasteiger partial charge in [0.25, 0.3) is 5.91 Å². The van der Waals surface area contributed by atoms with Gasteiger partial charge in [-0.25, -0.2) is 9.97 Å². The van der Waals surface area contributed by atoms with E-state index in [9.17, 15) is 9.59 Å². The molecule has 1 aromatic carbocycles. The van der Waals surface area contributed by atoms with Gasteiger partial charge in [-0.1, -0.05) is 0 Å². The molecule has 2 fully saturated rings. The smallest absolute Gasteiger partial charge is 0.255 e. The molecule has 0 radical (unpaired) electrons. The summed E-state index contributed by atoms with van der Waals surface area (Å²) in [7, 11) is 1.61. The molecule has 2 saturated carbocycles. The molecule has 11 heteroatoms. The molecule has 39 heavy (non-hydrogen) atoms. The van der Waals surface area contributed by atoms with Crippen LogP contribution in [-0.4, -0.2) is 66.5 Å². The fraction of sp³-hybridized carbons (Fsp3) is 0.500. The van der Waals surface area contributed by atoms with E-state index in [1.165, 1.54) is 19.2 Å². The summed E-state index contributed by atoms with van der Waals surface area (Å²) in [5.74, 6) is 2.26. The number of ether oxygens (including phenoxy) is 4. The number of hydrogen-bond acceptors (Lipinski definition) is 8. The van der Waals surface area contributed by atoms with Crippen molar-refractivity contribution in [1.29, 1.82) is 0 Å². The van der Waals surface area contributed by atoms with Crippen LogP contribution >= 0.6 is 0 Å². The predicted molar refractivity (Wildman–Crippen MR) is 142 cm³/mol. The Morgan fingerprint density at radius 1 is 1.10 bits per heavy atom. The maximum Gasteiger partial charge on any atom is 0.255 e. The van der Waals surface area contributed by atoms with Gasteiger partial charge in [0.1, 0.15) is 23.3 Å². The molecule has 0 spiro atoms. The molecule has 3 N–H and O–H groups in total. The van der Waals surface area contributed by atoms with Crippen molar-refractivity contribution in [3.05, 3.63) is 30.2 Å². The van der Waals surface area contributed by atoms with Crippen molar-refractivity contribution in [2.45, 2.75) is 44.6 Å². The third kappa shape index (κ3) is 5.36. The second-order valence-corrected chi connectivity index (χ2v) is 10.4. The Kier molecular flexibility index (Phi) is 7.23. The molecule has 0 atom stereocenters. The topological polar surface area (TPSA) is 137 Å². The summed E-state index contributed by atoms with van der Waals surface area (Å²) in [4.78, 5) is 37.9. The number of nitrogens with one attached hydrogen (secondary N) is 3. The third-order valence-electron chi connectivity index (χ3n) is 7.66. The maximum atomic E-state index is 13.3. The van der Waals surface area contributed by atoms with Crippen molar-refractivity contribution in [3.63, 3.8) is 0 Å². The van der Waals surface area contributed by atoms with Gasteiger partial charge in [-0.05, 0) is 56.6 Å². The van der Waals surface area contributed by atoms with Crippen LogP contribution in [0.25, 0.3) is 22.3 Å². The Hall–Kier alpha value is -3.86. The van der Waals surface area contributed by atoms with Crippen molar-refractivity contribution in [3.8, 4) is 28.5 Å². The highest BCUT2D eigenvalue weighted by molar-refractivity contribution is 6.08. The van der Waals surface area contributed by atoms with Crippen molar-refractivity contribution in [2.24, 2.45) is 11.8 Å². The minimum atomic E-state index is -0.207. The third-order valence-corrected chi connectivity index (χ3v) is 7.66. The van der Waals surface area contributed by atoms with Crippen LogP contribution in [-0.2, 0) is 9.53 Å². The molecular formula is C28H33N5O6. The van der Waals surface area contributed by atoms with Crippen LogP contribution in [0.3, 0.4) is 0 Å². The summed E-state index contributed by atoms with van der Waals surface area (Å²) >= 11 is 0. The summed E-state index contributed by atoms with van der Waals surface area (Å²) in [6.07, 6.45) is 8.42. The van der Waals surface area contributed by atoms with Gasteiger partial charge in [0, 0.05) is 31.8 Å². The van der Waals surface area contributed by atoms with E-state index in [0.29, 0.717) is 70.8 Å². The fourth-order valence-corrected chi connectivity index (χ4v) is 5.28. The molecule has 0 saturated heterocycles. The lowest BCUT2D eigenvalue weighted by atomic mass is 9.85. The van der Waals surface area contributed by atoms with Crippen LogP contribution < -0.4 is 24.8 Å². The highest BCUT2D eigenvalue weighted by atomic mass is 16.7. The second kappa shape index (κ2) is 11.1. The zero-order valence-corrected chi connectivity index (χ0v) is 22.0. The number of carbonyl (C=O) groups is 2. The minimum Gasteiger partial charge on any atom is -0.492 e. The minimum absolute atomic E-state index is 0.00264. The molecule has 3 aromatic rings. The Morgan fingerprint density at radius 3 is 2.74 bits per heavy atom. The largest absolute Gasteiger partial charge is 0.492 e. The standard InChI is InChI=1S/C28H33N5O6/c1-36-11-10-29-27(34)17-4-6-18(7-5-17)33-28(35)19-12-30-25-23(19)31-14-32-24(25)22-20(37-13-16-2-3-16)8-9-21-26(22)39-15-38-21/h8-9,12,14,16-18,30H,2-7,10-11,13,15H2,1H3,(H,29,34)(H,33,35). The first-order valence-electron chi connectivity index (χ1n) is 13.6. The average Bonchev–Trinajstić information content (AvgIpc) is 3.47. The van der Waals surface area contributed by atoms with E-state index in [1.807, 2.05) is 12.1 Å². The summed E-state index contributed by atoms with van der Waals surface area (Å²) in [5.41, 5.74) is 2.87. The number of methoxy groups -OCH3 is 1. The van der Waals surface area contributed by atoms with E-state index in [4.69, 9.17) is 18.9 Å². The van der Waals surface area contributed by atoms with Gasteiger partial charge in [0.2, 0.25) is 12.7 Å². The van der Waals surface area contributed by atoms with Crippen LogP contribution in [0.15, 0.2) is 24.7 Å². The van der Waals surface area contributed by atoms with E-state index in [1.54, 1.807) is 13.3 Å². The molecule has 0 unspecified atom stereocenters. The van der Waals surface area contributed by atoms with E-state index < -0.39 is 0 Å². The molecule has 11 nitrogen and oxygen atoms in total.